The number of aromatic nitrogens is 5. The van der Waals surface area contributed by atoms with Crippen LogP contribution in [0.15, 0.2) is 212 Å². The van der Waals surface area contributed by atoms with E-state index in [1.165, 1.54) is 54.1 Å². The topological polar surface area (TPSA) is 48.5 Å². The molecule has 0 atom stereocenters. The molecule has 62 heavy (non-hydrogen) atoms. The molecule has 0 radical (unpaired) electrons. The Balaban J connectivity index is 1.09. The quantitative estimate of drug-likeness (QED) is 0.174. The molecule has 0 saturated carbocycles. The Morgan fingerprint density at radius 1 is 0.290 bits per heavy atom. The summed E-state index contributed by atoms with van der Waals surface area (Å²) in [7, 11) is 0. The number of hydrogen-bond acceptors (Lipinski definition) is 3. The van der Waals surface area contributed by atoms with Gasteiger partial charge in [0.25, 0.3) is 0 Å². The van der Waals surface area contributed by atoms with E-state index in [0.717, 1.165) is 49.9 Å². The fraction of sp³-hybridized carbons (Fsp3) is 0. The first-order valence-electron chi connectivity index (χ1n) is 21.0. The van der Waals surface area contributed by atoms with Crippen molar-refractivity contribution in [2.75, 3.05) is 0 Å². The van der Waals surface area contributed by atoms with E-state index in [1.54, 1.807) is 0 Å². The van der Waals surface area contributed by atoms with Crippen LogP contribution >= 0.6 is 0 Å². The summed E-state index contributed by atoms with van der Waals surface area (Å²) in [6.07, 6.45) is 0. The number of fused-ring (bicyclic) bond motifs is 10. The van der Waals surface area contributed by atoms with Crippen LogP contribution in [0.3, 0.4) is 0 Å². The van der Waals surface area contributed by atoms with Crippen molar-refractivity contribution in [1.29, 1.82) is 0 Å². The largest absolute Gasteiger partial charge is 0.309 e. The van der Waals surface area contributed by atoms with Gasteiger partial charge in [-0.15, -0.1) is 0 Å². The predicted molar refractivity (Wildman–Crippen MR) is 257 cm³/mol. The van der Waals surface area contributed by atoms with Crippen LogP contribution < -0.4 is 0 Å². The minimum absolute atomic E-state index is 0.637. The standard InChI is InChI=1S/C57H35N5/c1-3-17-38(18-4-1)55-58-56(39-19-5-2-6-20-39)60-57(59-55)46-26-13-25-44-43(46)24-14-28-50(44)62-49-27-12-11-23-45(49)47-34-53-48(35-52(47)62)54-42-22-10-9-16-37(42)30-32-51(54)61(53)41-31-29-36-15-7-8-21-40(36)33-41/h1-35H. The summed E-state index contributed by atoms with van der Waals surface area (Å²) in [6.45, 7) is 0. The third-order valence-corrected chi connectivity index (χ3v) is 12.5. The Kier molecular flexibility index (Phi) is 7.54. The lowest BCUT2D eigenvalue weighted by atomic mass is 10.0. The molecule has 0 aliphatic carbocycles. The van der Waals surface area contributed by atoms with E-state index in [1.807, 2.05) is 36.4 Å². The highest BCUT2D eigenvalue weighted by Gasteiger charge is 2.22. The lowest BCUT2D eigenvalue weighted by Gasteiger charge is -2.14. The van der Waals surface area contributed by atoms with Gasteiger partial charge in [-0.1, -0.05) is 170 Å². The zero-order chi connectivity index (χ0) is 40.7. The minimum atomic E-state index is 0.637. The third-order valence-electron chi connectivity index (χ3n) is 12.5. The molecule has 0 aliphatic heterocycles. The van der Waals surface area contributed by atoms with Crippen molar-refractivity contribution in [2.45, 2.75) is 0 Å². The van der Waals surface area contributed by atoms with Crippen LogP contribution in [0, 0.1) is 0 Å². The first kappa shape index (κ1) is 34.5. The molecule has 13 rings (SSSR count). The monoisotopic (exact) mass is 789 g/mol. The normalized spacial score (nSPS) is 11.9. The van der Waals surface area contributed by atoms with Gasteiger partial charge in [-0.25, -0.2) is 15.0 Å². The zero-order valence-corrected chi connectivity index (χ0v) is 33.4. The summed E-state index contributed by atoms with van der Waals surface area (Å²) in [4.78, 5) is 15.3. The summed E-state index contributed by atoms with van der Waals surface area (Å²) in [5.41, 5.74) is 9.76. The van der Waals surface area contributed by atoms with E-state index in [-0.39, 0.29) is 0 Å². The number of rotatable bonds is 5. The van der Waals surface area contributed by atoms with Gasteiger partial charge in [-0.05, 0) is 69.4 Å². The van der Waals surface area contributed by atoms with Crippen molar-refractivity contribution in [3.8, 4) is 45.5 Å². The van der Waals surface area contributed by atoms with Crippen LogP contribution in [-0.2, 0) is 0 Å². The van der Waals surface area contributed by atoms with Crippen molar-refractivity contribution < 1.29 is 0 Å². The Morgan fingerprint density at radius 3 is 1.66 bits per heavy atom. The van der Waals surface area contributed by atoms with Gasteiger partial charge >= 0.3 is 0 Å². The van der Waals surface area contributed by atoms with Crippen LogP contribution in [-0.4, -0.2) is 24.1 Å². The molecule has 5 nitrogen and oxygen atoms in total. The highest BCUT2D eigenvalue weighted by Crippen LogP contribution is 2.43. The zero-order valence-electron chi connectivity index (χ0n) is 33.4. The smallest absolute Gasteiger partial charge is 0.164 e. The molecule has 0 fully saturated rings. The van der Waals surface area contributed by atoms with Crippen LogP contribution in [0.5, 0.6) is 0 Å². The first-order valence-corrected chi connectivity index (χ1v) is 21.0. The first-order chi connectivity index (χ1) is 30.7. The second kappa shape index (κ2) is 13.6. The van der Waals surface area contributed by atoms with Gasteiger partial charge in [0.05, 0.1) is 27.8 Å². The number of nitrogens with zero attached hydrogens (tertiary/aromatic N) is 5. The molecule has 10 aromatic carbocycles. The van der Waals surface area contributed by atoms with E-state index in [0.29, 0.717) is 17.5 Å². The van der Waals surface area contributed by atoms with E-state index in [2.05, 4.69) is 185 Å². The average molecular weight is 790 g/mol. The molecular weight excluding hydrogens is 755 g/mol. The van der Waals surface area contributed by atoms with Gasteiger partial charge in [0.2, 0.25) is 0 Å². The van der Waals surface area contributed by atoms with Crippen molar-refractivity contribution in [1.82, 2.24) is 24.1 Å². The van der Waals surface area contributed by atoms with Gasteiger partial charge in [-0.3, -0.25) is 0 Å². The Labute approximate surface area is 356 Å². The molecule has 3 heterocycles. The van der Waals surface area contributed by atoms with Gasteiger partial charge in [0, 0.05) is 49.3 Å². The molecule has 0 unspecified atom stereocenters. The van der Waals surface area contributed by atoms with Crippen LogP contribution in [0.2, 0.25) is 0 Å². The van der Waals surface area contributed by atoms with Gasteiger partial charge in [0.1, 0.15) is 0 Å². The van der Waals surface area contributed by atoms with Crippen molar-refractivity contribution >= 4 is 75.9 Å². The average Bonchev–Trinajstić information content (AvgIpc) is 3.85. The molecule has 0 spiro atoms. The molecule has 13 aromatic rings. The summed E-state index contributed by atoms with van der Waals surface area (Å²) in [5, 5.41) is 12.0. The summed E-state index contributed by atoms with van der Waals surface area (Å²) in [6, 6.07) is 75.8. The van der Waals surface area contributed by atoms with Crippen LogP contribution in [0.1, 0.15) is 0 Å². The maximum atomic E-state index is 5.14. The minimum Gasteiger partial charge on any atom is -0.309 e. The summed E-state index contributed by atoms with van der Waals surface area (Å²) in [5.74, 6) is 1.92. The highest BCUT2D eigenvalue weighted by molar-refractivity contribution is 6.25. The van der Waals surface area contributed by atoms with E-state index >= 15 is 0 Å². The molecule has 0 N–H and O–H groups in total. The second-order valence-electron chi connectivity index (χ2n) is 16.0. The van der Waals surface area contributed by atoms with Crippen molar-refractivity contribution in [3.05, 3.63) is 212 Å². The van der Waals surface area contributed by atoms with Gasteiger partial charge in [-0.2, -0.15) is 0 Å². The maximum Gasteiger partial charge on any atom is 0.164 e. The molecule has 0 amide bonds. The second-order valence-corrected chi connectivity index (χ2v) is 16.0. The molecular formula is C57H35N5. The number of para-hydroxylation sites is 1. The van der Waals surface area contributed by atoms with Crippen molar-refractivity contribution in [3.63, 3.8) is 0 Å². The van der Waals surface area contributed by atoms with Crippen LogP contribution in [0.4, 0.5) is 0 Å². The lowest BCUT2D eigenvalue weighted by molar-refractivity contribution is 1.08. The van der Waals surface area contributed by atoms with Crippen molar-refractivity contribution in [2.24, 2.45) is 0 Å². The highest BCUT2D eigenvalue weighted by atomic mass is 15.0. The predicted octanol–water partition coefficient (Wildman–Crippen LogP) is 14.5. The molecule has 3 aromatic heterocycles. The van der Waals surface area contributed by atoms with Gasteiger partial charge < -0.3 is 9.13 Å². The maximum absolute atomic E-state index is 5.14. The Bertz CT molecular complexity index is 3860. The fourth-order valence-electron chi connectivity index (χ4n) is 9.71. The van der Waals surface area contributed by atoms with Gasteiger partial charge in [0.15, 0.2) is 17.5 Å². The van der Waals surface area contributed by atoms with Crippen LogP contribution in [0.25, 0.3) is 121 Å². The van der Waals surface area contributed by atoms with E-state index < -0.39 is 0 Å². The summed E-state index contributed by atoms with van der Waals surface area (Å²) < 4.78 is 4.92. The molecule has 288 valence electrons. The molecule has 0 bridgehead atoms. The molecule has 0 aliphatic rings. The Hall–Kier alpha value is -8.41. The lowest BCUT2D eigenvalue weighted by Crippen LogP contribution is -2.01. The fourth-order valence-corrected chi connectivity index (χ4v) is 9.71. The van der Waals surface area contributed by atoms with E-state index in [9.17, 15) is 0 Å². The number of hydrogen-bond donors (Lipinski definition) is 0. The Morgan fingerprint density at radius 2 is 0.871 bits per heavy atom. The molecule has 0 saturated heterocycles. The SMILES string of the molecule is c1ccc(-c2nc(-c3ccccc3)nc(-c3cccc4c(-n5c6ccccc6c6cc7c(cc65)c5c6ccccc6ccc5n7-c5ccc6ccccc6c5)cccc34)n2)cc1. The van der Waals surface area contributed by atoms with E-state index in [4.69, 9.17) is 15.0 Å². The number of benzene rings is 10. The summed E-state index contributed by atoms with van der Waals surface area (Å²) >= 11 is 0. The third kappa shape index (κ3) is 5.25. The molecule has 5 heteroatoms.